The minimum atomic E-state index is -0.0602. The van der Waals surface area contributed by atoms with Crippen molar-refractivity contribution < 1.29 is 4.79 Å². The molecule has 4 rings (SSSR count). The molecular weight excluding hydrogens is 364 g/mol. The van der Waals surface area contributed by atoms with Crippen molar-refractivity contribution in [1.82, 2.24) is 4.98 Å². The fraction of sp³-hybridized carbons (Fsp3) is 0.0833. The molecule has 0 aliphatic rings. The monoisotopic (exact) mass is 384 g/mol. The molecular formula is C24H20N2OS. The van der Waals surface area contributed by atoms with Crippen LogP contribution in [0.2, 0.25) is 0 Å². The lowest BCUT2D eigenvalue weighted by Gasteiger charge is -2.03. The maximum Gasteiger partial charge on any atom is 0.230 e. The summed E-state index contributed by atoms with van der Waals surface area (Å²) in [6.07, 6.45) is 0.334. The van der Waals surface area contributed by atoms with Crippen molar-refractivity contribution in [1.29, 1.82) is 0 Å². The van der Waals surface area contributed by atoms with Crippen molar-refractivity contribution in [2.24, 2.45) is 0 Å². The first-order valence-electron chi connectivity index (χ1n) is 9.16. The van der Waals surface area contributed by atoms with Crippen LogP contribution >= 0.6 is 11.3 Å². The molecule has 0 aliphatic heterocycles. The van der Waals surface area contributed by atoms with Gasteiger partial charge in [-0.1, -0.05) is 102 Å². The summed E-state index contributed by atoms with van der Waals surface area (Å²) in [4.78, 5) is 18.3. The summed E-state index contributed by atoms with van der Waals surface area (Å²) < 4.78 is 0. The minimum absolute atomic E-state index is 0.0602. The minimum Gasteiger partial charge on any atom is -0.302 e. The van der Waals surface area contributed by atoms with Crippen molar-refractivity contribution >= 4 is 22.4 Å². The van der Waals surface area contributed by atoms with Crippen LogP contribution < -0.4 is 5.32 Å². The first kappa shape index (κ1) is 18.1. The van der Waals surface area contributed by atoms with E-state index in [9.17, 15) is 4.79 Å². The maximum atomic E-state index is 12.5. The Morgan fingerprint density at radius 3 is 2.18 bits per heavy atom. The number of nitrogens with one attached hydrogen (secondary N) is 1. The summed E-state index contributed by atoms with van der Waals surface area (Å²) in [5.74, 6) is -0.0602. The molecule has 138 valence electrons. The van der Waals surface area contributed by atoms with Gasteiger partial charge in [0, 0.05) is 5.56 Å². The Hall–Kier alpha value is -3.24. The number of aryl methyl sites for hydroxylation is 1. The highest BCUT2D eigenvalue weighted by molar-refractivity contribution is 7.19. The molecule has 1 aromatic heterocycles. The van der Waals surface area contributed by atoms with Gasteiger partial charge in [0.1, 0.15) is 0 Å². The topological polar surface area (TPSA) is 42.0 Å². The number of hydrogen-bond acceptors (Lipinski definition) is 3. The number of benzene rings is 3. The van der Waals surface area contributed by atoms with E-state index < -0.39 is 0 Å². The number of amides is 1. The Bertz CT molecular complexity index is 1070. The van der Waals surface area contributed by atoms with Crippen LogP contribution in [0.1, 0.15) is 11.1 Å². The van der Waals surface area contributed by atoms with Crippen LogP contribution in [0.25, 0.3) is 21.7 Å². The summed E-state index contributed by atoms with van der Waals surface area (Å²) in [6, 6.07) is 28.2. The Labute approximate surface area is 168 Å². The molecule has 1 N–H and O–H groups in total. The Kier molecular flexibility index (Phi) is 5.31. The molecule has 0 saturated carbocycles. The largest absolute Gasteiger partial charge is 0.302 e. The van der Waals surface area contributed by atoms with Gasteiger partial charge >= 0.3 is 0 Å². The number of rotatable bonds is 5. The maximum absolute atomic E-state index is 12.5. The second kappa shape index (κ2) is 8.19. The molecule has 4 aromatic rings. The molecule has 0 bridgehead atoms. The van der Waals surface area contributed by atoms with Gasteiger partial charge in [-0.25, -0.2) is 4.98 Å². The number of carbonyl (C=O) groups is 1. The summed E-state index contributed by atoms with van der Waals surface area (Å²) in [6.45, 7) is 2.07. The van der Waals surface area contributed by atoms with Crippen molar-refractivity contribution in [3.8, 4) is 21.7 Å². The van der Waals surface area contributed by atoms with Gasteiger partial charge in [-0.2, -0.15) is 0 Å². The fourth-order valence-electron chi connectivity index (χ4n) is 3.01. The SMILES string of the molecule is Cc1ccc(-c2nc(NC(=O)Cc3ccccc3)sc2-c2ccccc2)cc1. The van der Waals surface area contributed by atoms with Gasteiger partial charge in [-0.3, -0.25) is 4.79 Å². The molecule has 1 amide bonds. The van der Waals surface area contributed by atoms with Gasteiger partial charge in [0.05, 0.1) is 17.0 Å². The highest BCUT2D eigenvalue weighted by atomic mass is 32.1. The van der Waals surface area contributed by atoms with E-state index >= 15 is 0 Å². The quantitative estimate of drug-likeness (QED) is 0.461. The third kappa shape index (κ3) is 4.18. The Balaban J connectivity index is 1.65. The molecule has 1 heterocycles. The Morgan fingerprint density at radius 2 is 1.50 bits per heavy atom. The van der Waals surface area contributed by atoms with Crippen LogP contribution in [-0.4, -0.2) is 10.9 Å². The average Bonchev–Trinajstić information content (AvgIpc) is 3.13. The fourth-order valence-corrected chi connectivity index (χ4v) is 4.02. The van der Waals surface area contributed by atoms with Gasteiger partial charge < -0.3 is 5.32 Å². The van der Waals surface area contributed by atoms with Gasteiger partial charge in [0.2, 0.25) is 5.91 Å². The molecule has 3 aromatic carbocycles. The van der Waals surface area contributed by atoms with E-state index in [0.717, 1.165) is 27.3 Å². The highest BCUT2D eigenvalue weighted by Crippen LogP contribution is 2.39. The molecule has 0 radical (unpaired) electrons. The molecule has 0 fully saturated rings. The first-order valence-corrected chi connectivity index (χ1v) is 9.98. The summed E-state index contributed by atoms with van der Waals surface area (Å²) >= 11 is 1.51. The van der Waals surface area contributed by atoms with Gasteiger partial charge in [-0.05, 0) is 18.1 Å². The third-order valence-corrected chi connectivity index (χ3v) is 5.46. The number of carbonyl (C=O) groups excluding carboxylic acids is 1. The van der Waals surface area contributed by atoms with E-state index in [0.29, 0.717) is 11.6 Å². The average molecular weight is 385 g/mol. The second-order valence-electron chi connectivity index (χ2n) is 6.64. The highest BCUT2D eigenvalue weighted by Gasteiger charge is 2.16. The van der Waals surface area contributed by atoms with Gasteiger partial charge in [-0.15, -0.1) is 0 Å². The lowest BCUT2D eigenvalue weighted by molar-refractivity contribution is -0.115. The molecule has 0 spiro atoms. The predicted molar refractivity (Wildman–Crippen MR) is 116 cm³/mol. The molecule has 0 unspecified atom stereocenters. The number of anilines is 1. The predicted octanol–water partition coefficient (Wildman–Crippen LogP) is 5.97. The zero-order valence-electron chi connectivity index (χ0n) is 15.6. The third-order valence-electron chi connectivity index (χ3n) is 4.44. The molecule has 28 heavy (non-hydrogen) atoms. The van der Waals surface area contributed by atoms with Crippen LogP contribution in [-0.2, 0) is 11.2 Å². The molecule has 4 heteroatoms. The molecule has 0 saturated heterocycles. The van der Waals surface area contributed by atoms with E-state index in [-0.39, 0.29) is 5.91 Å². The summed E-state index contributed by atoms with van der Waals surface area (Å²) in [5.41, 5.74) is 5.23. The normalized spacial score (nSPS) is 10.6. The van der Waals surface area contributed by atoms with Crippen molar-refractivity contribution in [3.63, 3.8) is 0 Å². The van der Waals surface area contributed by atoms with Crippen molar-refractivity contribution in [3.05, 3.63) is 96.1 Å². The molecule has 0 atom stereocenters. The lowest BCUT2D eigenvalue weighted by Crippen LogP contribution is -2.14. The summed E-state index contributed by atoms with van der Waals surface area (Å²) in [5, 5.41) is 3.59. The van der Waals surface area contributed by atoms with E-state index in [2.05, 4.69) is 48.6 Å². The van der Waals surface area contributed by atoms with Crippen LogP contribution in [0, 0.1) is 6.92 Å². The van der Waals surface area contributed by atoms with Crippen LogP contribution in [0.15, 0.2) is 84.9 Å². The number of nitrogens with zero attached hydrogens (tertiary/aromatic N) is 1. The zero-order chi connectivity index (χ0) is 19.3. The van der Waals surface area contributed by atoms with Crippen LogP contribution in [0.5, 0.6) is 0 Å². The Morgan fingerprint density at radius 1 is 0.857 bits per heavy atom. The first-order chi connectivity index (χ1) is 13.7. The van der Waals surface area contributed by atoms with E-state index in [1.807, 2.05) is 48.5 Å². The standard InChI is InChI=1S/C24H20N2OS/c1-17-12-14-19(15-13-17)22-23(20-10-6-3-7-11-20)28-24(26-22)25-21(27)16-18-8-4-2-5-9-18/h2-15H,16H2,1H3,(H,25,26,27). The van der Waals surface area contributed by atoms with Crippen LogP contribution in [0.4, 0.5) is 5.13 Å². The second-order valence-corrected chi connectivity index (χ2v) is 7.64. The summed E-state index contributed by atoms with van der Waals surface area (Å²) in [7, 11) is 0. The number of hydrogen-bond donors (Lipinski definition) is 1. The van der Waals surface area contributed by atoms with E-state index in [1.165, 1.54) is 16.9 Å². The van der Waals surface area contributed by atoms with Crippen LogP contribution in [0.3, 0.4) is 0 Å². The van der Waals surface area contributed by atoms with Gasteiger partial charge in [0.15, 0.2) is 5.13 Å². The number of thiazole rings is 1. The molecule has 3 nitrogen and oxygen atoms in total. The van der Waals surface area contributed by atoms with E-state index in [4.69, 9.17) is 4.98 Å². The smallest absolute Gasteiger partial charge is 0.230 e. The zero-order valence-corrected chi connectivity index (χ0v) is 16.4. The lowest BCUT2D eigenvalue weighted by atomic mass is 10.1. The van der Waals surface area contributed by atoms with Crippen molar-refractivity contribution in [2.75, 3.05) is 5.32 Å². The van der Waals surface area contributed by atoms with Crippen molar-refractivity contribution in [2.45, 2.75) is 13.3 Å². The number of aromatic nitrogens is 1. The van der Waals surface area contributed by atoms with E-state index in [1.54, 1.807) is 0 Å². The molecule has 0 aliphatic carbocycles. The van der Waals surface area contributed by atoms with Gasteiger partial charge in [0.25, 0.3) is 0 Å².